The molecule has 0 unspecified atom stereocenters. The van der Waals surface area contributed by atoms with E-state index in [1.54, 1.807) is 36.4 Å². The molecule has 0 radical (unpaired) electrons. The number of benzene rings is 2. The Morgan fingerprint density at radius 1 is 1.24 bits per heavy atom. The van der Waals surface area contributed by atoms with Gasteiger partial charge in [-0.15, -0.1) is 0 Å². The molecule has 2 aromatic rings. The molecule has 0 aliphatic heterocycles. The summed E-state index contributed by atoms with van der Waals surface area (Å²) in [5.74, 6) is -0.225. The molecule has 0 fully saturated rings. The van der Waals surface area contributed by atoms with Gasteiger partial charge in [-0.2, -0.15) is 5.26 Å². The van der Waals surface area contributed by atoms with E-state index in [-0.39, 0.29) is 25.0 Å². The van der Waals surface area contributed by atoms with Crippen molar-refractivity contribution in [2.24, 2.45) is 0 Å². The highest BCUT2D eigenvalue weighted by atomic mass is 79.9. The molecule has 2 aromatic carbocycles. The molecule has 128 valence electrons. The van der Waals surface area contributed by atoms with Crippen LogP contribution in [0.2, 0.25) is 0 Å². The van der Waals surface area contributed by atoms with Gasteiger partial charge in [0.1, 0.15) is 5.75 Å². The maximum Gasteiger partial charge on any atom is 0.260 e. The van der Waals surface area contributed by atoms with Crippen molar-refractivity contribution >= 4 is 33.4 Å². The first kappa shape index (κ1) is 18.5. The Hall–Kier alpha value is -2.85. The monoisotopic (exact) mass is 401 g/mol. The van der Waals surface area contributed by atoms with Crippen LogP contribution in [0.15, 0.2) is 53.0 Å². The molecule has 25 heavy (non-hydrogen) atoms. The average molecular weight is 402 g/mol. The molecule has 0 aliphatic rings. The number of halogens is 1. The van der Waals surface area contributed by atoms with Crippen molar-refractivity contribution in [3.8, 4) is 11.8 Å². The van der Waals surface area contributed by atoms with E-state index in [0.29, 0.717) is 17.0 Å². The number of carbonyl (C=O) groups excluding carboxylic acids is 2. The van der Waals surface area contributed by atoms with Gasteiger partial charge in [-0.05, 0) is 46.3 Å². The molecule has 0 aromatic heterocycles. The first-order valence-corrected chi connectivity index (χ1v) is 8.20. The normalized spacial score (nSPS) is 9.80. The van der Waals surface area contributed by atoms with E-state index in [1.165, 1.54) is 11.9 Å². The van der Waals surface area contributed by atoms with Gasteiger partial charge in [-0.25, -0.2) is 0 Å². The molecular weight excluding hydrogens is 386 g/mol. The van der Waals surface area contributed by atoms with E-state index < -0.39 is 0 Å². The number of ether oxygens (including phenoxy) is 1. The van der Waals surface area contributed by atoms with Gasteiger partial charge in [0.15, 0.2) is 6.61 Å². The number of rotatable bonds is 6. The minimum absolute atomic E-state index is 0.0955. The summed E-state index contributed by atoms with van der Waals surface area (Å²) in [6, 6.07) is 15.7. The summed E-state index contributed by atoms with van der Waals surface area (Å²) in [5, 5.41) is 11.6. The van der Waals surface area contributed by atoms with Crippen LogP contribution >= 0.6 is 15.9 Å². The first-order valence-electron chi connectivity index (χ1n) is 7.41. The fraction of sp³-hybridized carbons (Fsp3) is 0.167. The maximum absolute atomic E-state index is 12.1. The van der Waals surface area contributed by atoms with Gasteiger partial charge in [-0.3, -0.25) is 9.59 Å². The van der Waals surface area contributed by atoms with E-state index in [0.717, 1.165) is 4.47 Å². The minimum Gasteiger partial charge on any atom is -0.484 e. The molecule has 0 atom stereocenters. The molecule has 0 saturated heterocycles. The van der Waals surface area contributed by atoms with Crippen molar-refractivity contribution in [1.29, 1.82) is 5.26 Å². The van der Waals surface area contributed by atoms with E-state index in [9.17, 15) is 9.59 Å². The van der Waals surface area contributed by atoms with Crippen molar-refractivity contribution in [2.45, 2.75) is 0 Å². The third kappa shape index (κ3) is 5.62. The van der Waals surface area contributed by atoms with Crippen LogP contribution < -0.4 is 10.1 Å². The van der Waals surface area contributed by atoms with E-state index in [4.69, 9.17) is 10.00 Å². The summed E-state index contributed by atoms with van der Waals surface area (Å²) in [5.41, 5.74) is 1.09. The number of nitriles is 1. The van der Waals surface area contributed by atoms with E-state index in [1.807, 2.05) is 18.2 Å². The predicted molar refractivity (Wildman–Crippen MR) is 97.1 cm³/mol. The van der Waals surface area contributed by atoms with Crippen LogP contribution in [0.25, 0.3) is 0 Å². The summed E-state index contributed by atoms with van der Waals surface area (Å²) in [4.78, 5) is 25.4. The zero-order valence-electron chi connectivity index (χ0n) is 13.5. The zero-order valence-corrected chi connectivity index (χ0v) is 15.1. The van der Waals surface area contributed by atoms with Crippen molar-refractivity contribution in [3.63, 3.8) is 0 Å². The Bertz CT molecular complexity index is 817. The number of para-hydroxylation sites is 1. The summed E-state index contributed by atoms with van der Waals surface area (Å²) in [6.45, 7) is -0.310. The highest BCUT2D eigenvalue weighted by molar-refractivity contribution is 9.10. The lowest BCUT2D eigenvalue weighted by Crippen LogP contribution is -2.37. The number of likely N-dealkylation sites (N-methyl/N-ethyl adjacent to an activating group) is 1. The Labute approximate surface area is 154 Å². The molecular formula is C18H16BrN3O3. The zero-order chi connectivity index (χ0) is 18.2. The van der Waals surface area contributed by atoms with Gasteiger partial charge in [-0.1, -0.05) is 18.2 Å². The second-order valence-corrected chi connectivity index (χ2v) is 6.06. The number of nitrogens with one attached hydrogen (secondary N) is 1. The lowest BCUT2D eigenvalue weighted by Gasteiger charge is -2.17. The van der Waals surface area contributed by atoms with Crippen molar-refractivity contribution < 1.29 is 14.3 Å². The third-order valence-corrected chi connectivity index (χ3v) is 3.97. The quantitative estimate of drug-likeness (QED) is 0.806. The van der Waals surface area contributed by atoms with Crippen molar-refractivity contribution in [2.75, 3.05) is 25.5 Å². The fourth-order valence-electron chi connectivity index (χ4n) is 1.97. The smallest absolute Gasteiger partial charge is 0.260 e. The van der Waals surface area contributed by atoms with Gasteiger partial charge in [0, 0.05) is 11.5 Å². The van der Waals surface area contributed by atoms with E-state index in [2.05, 4.69) is 21.2 Å². The lowest BCUT2D eigenvalue weighted by atomic mass is 10.2. The van der Waals surface area contributed by atoms with Gasteiger partial charge in [0.2, 0.25) is 5.91 Å². The molecule has 0 spiro atoms. The average Bonchev–Trinajstić information content (AvgIpc) is 2.61. The molecule has 2 rings (SSSR count). The van der Waals surface area contributed by atoms with Crippen LogP contribution in [0.5, 0.6) is 5.75 Å². The van der Waals surface area contributed by atoms with Gasteiger partial charge in [0.05, 0.1) is 23.9 Å². The standard InChI is InChI=1S/C18H16BrN3O3/c1-22(11-17(23)21-16-8-3-2-7-15(16)19)18(24)12-25-14-6-4-5-13(9-14)10-20/h2-9H,11-12H2,1H3,(H,21,23). The summed E-state index contributed by atoms with van der Waals surface area (Å²) < 4.78 is 6.13. The SMILES string of the molecule is CN(CC(=O)Nc1ccccc1Br)C(=O)COc1cccc(C#N)c1. The molecule has 0 saturated carbocycles. The second-order valence-electron chi connectivity index (χ2n) is 5.21. The molecule has 2 amide bonds. The largest absolute Gasteiger partial charge is 0.484 e. The third-order valence-electron chi connectivity index (χ3n) is 3.28. The van der Waals surface area contributed by atoms with Crippen LogP contribution in [-0.4, -0.2) is 36.9 Å². The molecule has 7 heteroatoms. The first-order chi connectivity index (χ1) is 12.0. The number of carbonyl (C=O) groups is 2. The van der Waals surface area contributed by atoms with E-state index >= 15 is 0 Å². The Kier molecular flexibility index (Phi) is 6.54. The Morgan fingerprint density at radius 3 is 2.72 bits per heavy atom. The van der Waals surface area contributed by atoms with Gasteiger partial charge < -0.3 is 15.0 Å². The highest BCUT2D eigenvalue weighted by Crippen LogP contribution is 2.21. The van der Waals surface area contributed by atoms with Crippen LogP contribution in [0.1, 0.15) is 5.56 Å². The van der Waals surface area contributed by atoms with Gasteiger partial charge in [0.25, 0.3) is 5.91 Å². The Balaban J connectivity index is 1.84. The maximum atomic E-state index is 12.1. The van der Waals surface area contributed by atoms with Crippen LogP contribution in [-0.2, 0) is 9.59 Å². The number of hydrogen-bond acceptors (Lipinski definition) is 4. The summed E-state index contributed by atoms with van der Waals surface area (Å²) in [6.07, 6.45) is 0. The molecule has 1 N–H and O–H groups in total. The van der Waals surface area contributed by atoms with Gasteiger partial charge >= 0.3 is 0 Å². The predicted octanol–water partition coefficient (Wildman–Crippen LogP) is 2.80. The number of nitrogens with zero attached hydrogens (tertiary/aromatic N) is 2. The van der Waals surface area contributed by atoms with Crippen molar-refractivity contribution in [3.05, 3.63) is 58.6 Å². The van der Waals surface area contributed by atoms with Crippen LogP contribution in [0, 0.1) is 11.3 Å². The topological polar surface area (TPSA) is 82.4 Å². The number of anilines is 1. The summed E-state index contributed by atoms with van der Waals surface area (Å²) >= 11 is 3.34. The van der Waals surface area contributed by atoms with Crippen LogP contribution in [0.3, 0.4) is 0 Å². The number of amides is 2. The molecule has 0 aliphatic carbocycles. The molecule has 0 bridgehead atoms. The second kappa shape index (κ2) is 8.85. The molecule has 6 nitrogen and oxygen atoms in total. The highest BCUT2D eigenvalue weighted by Gasteiger charge is 2.14. The van der Waals surface area contributed by atoms with Crippen molar-refractivity contribution in [1.82, 2.24) is 4.90 Å². The number of hydrogen-bond donors (Lipinski definition) is 1. The Morgan fingerprint density at radius 2 is 2.00 bits per heavy atom. The minimum atomic E-state index is -0.343. The lowest BCUT2D eigenvalue weighted by molar-refractivity contribution is -0.135. The fourth-order valence-corrected chi connectivity index (χ4v) is 2.35. The summed E-state index contributed by atoms with van der Waals surface area (Å²) in [7, 11) is 1.52. The van der Waals surface area contributed by atoms with Crippen LogP contribution in [0.4, 0.5) is 5.69 Å². The molecule has 0 heterocycles.